The maximum atomic E-state index is 11.9. The monoisotopic (exact) mass is 318 g/mol. The van der Waals surface area contributed by atoms with E-state index in [-0.39, 0.29) is 0 Å². The van der Waals surface area contributed by atoms with Crippen molar-refractivity contribution in [3.8, 4) is 5.75 Å². The molecule has 0 saturated carbocycles. The Hall–Kier alpha value is -2.53. The maximum Gasteiger partial charge on any atom is 0.269 e. The van der Waals surface area contributed by atoms with Crippen molar-refractivity contribution in [3.63, 3.8) is 0 Å². The third kappa shape index (κ3) is 4.23. The minimum atomic E-state index is -0.443. The molecule has 0 aliphatic rings. The number of carbonyl (C=O) groups is 2. The molecule has 2 rings (SSSR count). The molecule has 5 nitrogen and oxygen atoms in total. The lowest BCUT2D eigenvalue weighted by atomic mass is 10.2. The van der Waals surface area contributed by atoms with Crippen molar-refractivity contribution < 1.29 is 14.3 Å². The number of amides is 2. The number of nitrogens with one attached hydrogen (secondary N) is 2. The van der Waals surface area contributed by atoms with Gasteiger partial charge in [0.2, 0.25) is 0 Å². The van der Waals surface area contributed by atoms with Crippen LogP contribution in [0.5, 0.6) is 5.75 Å². The van der Waals surface area contributed by atoms with E-state index in [4.69, 9.17) is 16.3 Å². The zero-order chi connectivity index (χ0) is 15.9. The van der Waals surface area contributed by atoms with Gasteiger partial charge in [-0.15, -0.1) is 0 Å². The van der Waals surface area contributed by atoms with Gasteiger partial charge in [-0.2, -0.15) is 0 Å². The van der Waals surface area contributed by atoms with E-state index in [9.17, 15) is 9.59 Å². The van der Waals surface area contributed by atoms with Crippen molar-refractivity contribution in [3.05, 3.63) is 64.7 Å². The average Bonchev–Trinajstić information content (AvgIpc) is 2.53. The molecule has 0 aliphatic heterocycles. The van der Waals surface area contributed by atoms with Gasteiger partial charge < -0.3 is 4.74 Å². The molecule has 0 atom stereocenters. The van der Waals surface area contributed by atoms with E-state index in [0.29, 0.717) is 28.5 Å². The molecule has 0 heterocycles. The van der Waals surface area contributed by atoms with Gasteiger partial charge in [-0.05, 0) is 49.4 Å². The number of ether oxygens (including phenoxy) is 1. The van der Waals surface area contributed by atoms with Gasteiger partial charge in [-0.25, -0.2) is 0 Å². The third-order valence-corrected chi connectivity index (χ3v) is 3.04. The summed E-state index contributed by atoms with van der Waals surface area (Å²) >= 11 is 5.81. The number of halogens is 1. The molecule has 2 N–H and O–H groups in total. The molecule has 114 valence electrons. The Labute approximate surface area is 133 Å². The SMILES string of the molecule is CCOc1ccc(C(=O)NNC(=O)c2cccc(Cl)c2)cc1. The highest BCUT2D eigenvalue weighted by atomic mass is 35.5. The van der Waals surface area contributed by atoms with Crippen LogP contribution in [0.3, 0.4) is 0 Å². The van der Waals surface area contributed by atoms with Gasteiger partial charge >= 0.3 is 0 Å². The summed E-state index contributed by atoms with van der Waals surface area (Å²) < 4.78 is 5.29. The first-order valence-electron chi connectivity index (χ1n) is 6.69. The van der Waals surface area contributed by atoms with Gasteiger partial charge in [0.25, 0.3) is 11.8 Å². The van der Waals surface area contributed by atoms with Gasteiger partial charge in [-0.3, -0.25) is 20.4 Å². The highest BCUT2D eigenvalue weighted by molar-refractivity contribution is 6.30. The van der Waals surface area contributed by atoms with E-state index in [1.807, 2.05) is 6.92 Å². The van der Waals surface area contributed by atoms with Crippen molar-refractivity contribution in [2.45, 2.75) is 6.92 Å². The fraction of sp³-hybridized carbons (Fsp3) is 0.125. The van der Waals surface area contributed by atoms with E-state index in [2.05, 4.69) is 10.9 Å². The normalized spacial score (nSPS) is 9.91. The Morgan fingerprint density at radius 3 is 2.23 bits per heavy atom. The summed E-state index contributed by atoms with van der Waals surface area (Å²) in [5, 5.41) is 0.450. The Morgan fingerprint density at radius 1 is 1.00 bits per heavy atom. The van der Waals surface area contributed by atoms with Gasteiger partial charge in [0.15, 0.2) is 0 Å². The Bertz CT molecular complexity index is 671. The predicted molar refractivity (Wildman–Crippen MR) is 84.0 cm³/mol. The van der Waals surface area contributed by atoms with Crippen LogP contribution in [0.1, 0.15) is 27.6 Å². The van der Waals surface area contributed by atoms with E-state index < -0.39 is 11.8 Å². The summed E-state index contributed by atoms with van der Waals surface area (Å²) in [4.78, 5) is 23.8. The van der Waals surface area contributed by atoms with Crippen LogP contribution in [0.15, 0.2) is 48.5 Å². The molecule has 0 bridgehead atoms. The molecule has 0 spiro atoms. The molecule has 0 aromatic heterocycles. The molecule has 0 unspecified atom stereocenters. The lowest BCUT2D eigenvalue weighted by molar-refractivity contribution is 0.0846. The largest absolute Gasteiger partial charge is 0.494 e. The minimum absolute atomic E-state index is 0.361. The number of hydrogen-bond donors (Lipinski definition) is 2. The Morgan fingerprint density at radius 2 is 1.64 bits per heavy atom. The molecule has 0 radical (unpaired) electrons. The molecule has 0 fully saturated rings. The van der Waals surface area contributed by atoms with E-state index in [1.165, 1.54) is 6.07 Å². The average molecular weight is 319 g/mol. The number of hydrazine groups is 1. The van der Waals surface area contributed by atoms with Crippen LogP contribution in [-0.4, -0.2) is 18.4 Å². The second-order valence-electron chi connectivity index (χ2n) is 4.38. The van der Waals surface area contributed by atoms with E-state index in [1.54, 1.807) is 42.5 Å². The lowest BCUT2D eigenvalue weighted by Gasteiger charge is -2.08. The fourth-order valence-corrected chi connectivity index (χ4v) is 1.95. The van der Waals surface area contributed by atoms with Gasteiger partial charge in [0.1, 0.15) is 5.75 Å². The first-order valence-corrected chi connectivity index (χ1v) is 7.07. The molecule has 0 aliphatic carbocycles. The summed E-state index contributed by atoms with van der Waals surface area (Å²) in [7, 11) is 0. The van der Waals surface area contributed by atoms with Crippen LogP contribution in [0.4, 0.5) is 0 Å². The quantitative estimate of drug-likeness (QED) is 0.852. The van der Waals surface area contributed by atoms with Crippen LogP contribution in [-0.2, 0) is 0 Å². The lowest BCUT2D eigenvalue weighted by Crippen LogP contribution is -2.41. The van der Waals surface area contributed by atoms with Crippen LogP contribution in [0.25, 0.3) is 0 Å². The Kier molecular flexibility index (Phi) is 5.38. The fourth-order valence-electron chi connectivity index (χ4n) is 1.76. The molecular weight excluding hydrogens is 304 g/mol. The molecule has 2 aromatic rings. The van der Waals surface area contributed by atoms with Crippen molar-refractivity contribution in [1.29, 1.82) is 0 Å². The van der Waals surface area contributed by atoms with E-state index in [0.717, 1.165) is 0 Å². The van der Waals surface area contributed by atoms with Crippen LogP contribution in [0, 0.1) is 0 Å². The summed E-state index contributed by atoms with van der Waals surface area (Å²) in [6.07, 6.45) is 0. The number of carbonyl (C=O) groups excluding carboxylic acids is 2. The van der Waals surface area contributed by atoms with Gasteiger partial charge in [0, 0.05) is 16.1 Å². The number of benzene rings is 2. The first-order chi connectivity index (χ1) is 10.6. The van der Waals surface area contributed by atoms with Crippen LogP contribution < -0.4 is 15.6 Å². The van der Waals surface area contributed by atoms with Crippen molar-refractivity contribution in [2.75, 3.05) is 6.61 Å². The van der Waals surface area contributed by atoms with Gasteiger partial charge in [-0.1, -0.05) is 17.7 Å². The highest BCUT2D eigenvalue weighted by Crippen LogP contribution is 2.12. The molecule has 0 saturated heterocycles. The molecular formula is C16H15ClN2O3. The molecule has 2 amide bonds. The zero-order valence-electron chi connectivity index (χ0n) is 11.9. The topological polar surface area (TPSA) is 67.4 Å². The predicted octanol–water partition coefficient (Wildman–Crippen LogP) is 2.81. The summed E-state index contributed by atoms with van der Waals surface area (Å²) in [5.41, 5.74) is 5.45. The zero-order valence-corrected chi connectivity index (χ0v) is 12.7. The summed E-state index contributed by atoms with van der Waals surface area (Å²) in [6.45, 7) is 2.44. The highest BCUT2D eigenvalue weighted by Gasteiger charge is 2.09. The smallest absolute Gasteiger partial charge is 0.269 e. The number of rotatable bonds is 4. The summed E-state index contributed by atoms with van der Waals surface area (Å²) in [6, 6.07) is 13.1. The van der Waals surface area contributed by atoms with Gasteiger partial charge in [0.05, 0.1) is 6.61 Å². The minimum Gasteiger partial charge on any atom is -0.494 e. The van der Waals surface area contributed by atoms with E-state index >= 15 is 0 Å². The van der Waals surface area contributed by atoms with Crippen molar-refractivity contribution >= 4 is 23.4 Å². The summed E-state index contributed by atoms with van der Waals surface area (Å²) in [5.74, 6) is -0.178. The maximum absolute atomic E-state index is 11.9. The van der Waals surface area contributed by atoms with Crippen LogP contribution >= 0.6 is 11.6 Å². The molecule has 2 aromatic carbocycles. The molecule has 22 heavy (non-hydrogen) atoms. The second kappa shape index (κ2) is 7.47. The number of hydrogen-bond acceptors (Lipinski definition) is 3. The Balaban J connectivity index is 1.93. The van der Waals surface area contributed by atoms with Crippen molar-refractivity contribution in [2.24, 2.45) is 0 Å². The standard InChI is InChI=1S/C16H15ClN2O3/c1-2-22-14-8-6-11(7-9-14)15(20)18-19-16(21)12-4-3-5-13(17)10-12/h3-10H,2H2,1H3,(H,18,20)(H,19,21). The van der Waals surface area contributed by atoms with Crippen molar-refractivity contribution in [1.82, 2.24) is 10.9 Å². The first kappa shape index (κ1) is 15.9. The third-order valence-electron chi connectivity index (χ3n) is 2.80. The second-order valence-corrected chi connectivity index (χ2v) is 4.81. The molecule has 6 heteroatoms. The van der Waals surface area contributed by atoms with Crippen LogP contribution in [0.2, 0.25) is 5.02 Å².